The van der Waals surface area contributed by atoms with Gasteiger partial charge >= 0.3 is 0 Å². The predicted molar refractivity (Wildman–Crippen MR) is 102 cm³/mol. The Kier molecular flexibility index (Phi) is 5.11. The first-order chi connectivity index (χ1) is 12.7. The van der Waals surface area contributed by atoms with Gasteiger partial charge in [0.1, 0.15) is 5.82 Å². The first kappa shape index (κ1) is 17.7. The highest BCUT2D eigenvalue weighted by atomic mass is 16.5. The van der Waals surface area contributed by atoms with Crippen LogP contribution in [0.2, 0.25) is 0 Å². The van der Waals surface area contributed by atoms with E-state index in [1.807, 2.05) is 6.20 Å². The van der Waals surface area contributed by atoms with Crippen LogP contribution in [0.4, 0.5) is 0 Å². The highest BCUT2D eigenvalue weighted by Gasteiger charge is 2.40. The predicted octanol–water partition coefficient (Wildman–Crippen LogP) is 3.51. The number of hydrogen-bond acceptors (Lipinski definition) is 4. The van der Waals surface area contributed by atoms with Gasteiger partial charge in [-0.2, -0.15) is 0 Å². The van der Waals surface area contributed by atoms with Crippen LogP contribution >= 0.6 is 0 Å². The summed E-state index contributed by atoms with van der Waals surface area (Å²) in [5.74, 6) is 1.07. The third-order valence-electron chi connectivity index (χ3n) is 5.62. The van der Waals surface area contributed by atoms with Crippen LogP contribution in [0.5, 0.6) is 0 Å². The summed E-state index contributed by atoms with van der Waals surface area (Å²) in [6, 6.07) is 9.19. The van der Waals surface area contributed by atoms with Crippen molar-refractivity contribution in [3.05, 3.63) is 42.2 Å². The Bertz CT molecular complexity index is 729. The molecule has 2 aliphatic rings. The van der Waals surface area contributed by atoms with Crippen LogP contribution < -0.4 is 0 Å². The molecule has 1 atom stereocenters. The zero-order chi connectivity index (χ0) is 18.0. The Morgan fingerprint density at radius 2 is 2.08 bits per heavy atom. The average Bonchev–Trinajstić information content (AvgIpc) is 3.12. The van der Waals surface area contributed by atoms with Crippen LogP contribution in [0.3, 0.4) is 0 Å². The molecule has 1 aromatic carbocycles. The van der Waals surface area contributed by atoms with Gasteiger partial charge in [-0.3, -0.25) is 0 Å². The largest absolute Gasteiger partial charge is 0.381 e. The SMILES string of the molecule is CN(C)Cc1cccc(-c2nccn2C2CCOC3(CCOCC3)C2)c1. The summed E-state index contributed by atoms with van der Waals surface area (Å²) in [5.41, 5.74) is 2.51. The zero-order valence-corrected chi connectivity index (χ0v) is 15.9. The van der Waals surface area contributed by atoms with E-state index in [0.717, 1.165) is 57.9 Å². The van der Waals surface area contributed by atoms with Crippen molar-refractivity contribution < 1.29 is 9.47 Å². The van der Waals surface area contributed by atoms with Crippen LogP contribution in [0.15, 0.2) is 36.7 Å². The maximum absolute atomic E-state index is 6.22. The third-order valence-corrected chi connectivity index (χ3v) is 5.62. The van der Waals surface area contributed by atoms with E-state index in [1.165, 1.54) is 11.1 Å². The molecule has 0 amide bonds. The molecule has 2 saturated heterocycles. The van der Waals surface area contributed by atoms with E-state index in [0.29, 0.717) is 6.04 Å². The van der Waals surface area contributed by atoms with Crippen molar-refractivity contribution >= 4 is 0 Å². The normalized spacial score (nSPS) is 22.8. The van der Waals surface area contributed by atoms with Gasteiger partial charge in [0, 0.05) is 50.4 Å². The van der Waals surface area contributed by atoms with Gasteiger partial charge in [-0.1, -0.05) is 18.2 Å². The molecule has 140 valence electrons. The molecule has 1 spiro atoms. The summed E-state index contributed by atoms with van der Waals surface area (Å²) in [6.07, 6.45) is 8.18. The molecule has 26 heavy (non-hydrogen) atoms. The Labute approximate surface area is 155 Å². The monoisotopic (exact) mass is 355 g/mol. The second kappa shape index (κ2) is 7.51. The van der Waals surface area contributed by atoms with Crippen molar-refractivity contribution in [2.24, 2.45) is 0 Å². The maximum Gasteiger partial charge on any atom is 0.140 e. The number of aromatic nitrogens is 2. The van der Waals surface area contributed by atoms with Crippen LogP contribution in [0, 0.1) is 0 Å². The molecule has 2 aliphatic heterocycles. The summed E-state index contributed by atoms with van der Waals surface area (Å²) in [5, 5.41) is 0. The highest BCUT2D eigenvalue weighted by molar-refractivity contribution is 5.57. The molecule has 1 aromatic heterocycles. The van der Waals surface area contributed by atoms with Crippen molar-refractivity contribution in [2.75, 3.05) is 33.9 Å². The fourth-order valence-corrected chi connectivity index (χ4v) is 4.34. The van der Waals surface area contributed by atoms with Gasteiger partial charge in [0.25, 0.3) is 0 Å². The molecular weight excluding hydrogens is 326 g/mol. The Hall–Kier alpha value is -1.69. The highest BCUT2D eigenvalue weighted by Crippen LogP contribution is 2.40. The Morgan fingerprint density at radius 1 is 1.23 bits per heavy atom. The van der Waals surface area contributed by atoms with Gasteiger partial charge in [0.2, 0.25) is 0 Å². The summed E-state index contributed by atoms with van der Waals surface area (Å²) < 4.78 is 14.2. The van der Waals surface area contributed by atoms with Gasteiger partial charge < -0.3 is 18.9 Å². The number of hydrogen-bond donors (Lipinski definition) is 0. The van der Waals surface area contributed by atoms with Gasteiger partial charge in [-0.15, -0.1) is 0 Å². The zero-order valence-electron chi connectivity index (χ0n) is 15.9. The fraction of sp³-hybridized carbons (Fsp3) is 0.571. The molecule has 0 aliphatic carbocycles. The number of ether oxygens (including phenoxy) is 2. The van der Waals surface area contributed by atoms with E-state index in [4.69, 9.17) is 14.5 Å². The lowest BCUT2D eigenvalue weighted by atomic mass is 9.84. The standard InChI is InChI=1S/C21H29N3O2/c1-23(2)16-17-4-3-5-18(14-17)20-22-9-10-24(20)19-6-11-26-21(15-19)7-12-25-13-8-21/h3-5,9-10,14,19H,6-8,11-13,15-16H2,1-2H3. The van der Waals surface area contributed by atoms with Crippen molar-refractivity contribution in [1.29, 1.82) is 0 Å². The number of nitrogens with zero attached hydrogens (tertiary/aromatic N) is 3. The fourth-order valence-electron chi connectivity index (χ4n) is 4.34. The van der Waals surface area contributed by atoms with Crippen molar-refractivity contribution in [3.8, 4) is 11.4 Å². The lowest BCUT2D eigenvalue weighted by molar-refractivity contribution is -0.144. The van der Waals surface area contributed by atoms with Crippen molar-refractivity contribution in [3.63, 3.8) is 0 Å². The first-order valence-corrected chi connectivity index (χ1v) is 9.64. The topological polar surface area (TPSA) is 39.5 Å². The minimum atomic E-state index is -0.00449. The molecule has 5 nitrogen and oxygen atoms in total. The van der Waals surface area contributed by atoms with Crippen LogP contribution in [-0.2, 0) is 16.0 Å². The number of benzene rings is 1. The number of imidazole rings is 1. The van der Waals surface area contributed by atoms with Crippen molar-refractivity contribution in [1.82, 2.24) is 14.5 Å². The van der Waals surface area contributed by atoms with E-state index in [-0.39, 0.29) is 5.60 Å². The maximum atomic E-state index is 6.22. The number of rotatable bonds is 4. The average molecular weight is 355 g/mol. The summed E-state index contributed by atoms with van der Waals surface area (Å²) in [4.78, 5) is 6.89. The minimum absolute atomic E-state index is 0.00449. The van der Waals surface area contributed by atoms with Gasteiger partial charge in [-0.05, 0) is 51.4 Å². The van der Waals surface area contributed by atoms with Gasteiger partial charge in [-0.25, -0.2) is 4.98 Å². The molecule has 1 unspecified atom stereocenters. The van der Waals surface area contributed by atoms with E-state index in [2.05, 4.69) is 54.0 Å². The van der Waals surface area contributed by atoms with Crippen LogP contribution in [0.25, 0.3) is 11.4 Å². The van der Waals surface area contributed by atoms with Gasteiger partial charge in [0.15, 0.2) is 0 Å². The summed E-state index contributed by atoms with van der Waals surface area (Å²) >= 11 is 0. The minimum Gasteiger partial charge on any atom is -0.381 e. The molecule has 0 radical (unpaired) electrons. The van der Waals surface area contributed by atoms with Gasteiger partial charge in [0.05, 0.1) is 5.60 Å². The Morgan fingerprint density at radius 3 is 2.88 bits per heavy atom. The molecule has 4 rings (SSSR count). The van der Waals surface area contributed by atoms with E-state index in [9.17, 15) is 0 Å². The summed E-state index contributed by atoms with van der Waals surface area (Å²) in [7, 11) is 4.20. The van der Waals surface area contributed by atoms with E-state index in [1.54, 1.807) is 0 Å². The summed E-state index contributed by atoms with van der Waals surface area (Å²) in [6.45, 7) is 3.39. The molecule has 0 saturated carbocycles. The Balaban J connectivity index is 1.59. The molecule has 5 heteroatoms. The van der Waals surface area contributed by atoms with Crippen LogP contribution in [-0.4, -0.2) is 54.0 Å². The molecule has 2 aromatic rings. The molecule has 0 bridgehead atoms. The second-order valence-electron chi connectivity index (χ2n) is 7.89. The van der Waals surface area contributed by atoms with E-state index >= 15 is 0 Å². The molecule has 0 N–H and O–H groups in total. The smallest absolute Gasteiger partial charge is 0.140 e. The lowest BCUT2D eigenvalue weighted by Crippen LogP contribution is -2.44. The third kappa shape index (κ3) is 3.70. The second-order valence-corrected chi connectivity index (χ2v) is 7.89. The van der Waals surface area contributed by atoms with Crippen molar-refractivity contribution in [2.45, 2.75) is 43.9 Å². The quantitative estimate of drug-likeness (QED) is 0.841. The first-order valence-electron chi connectivity index (χ1n) is 9.64. The molecule has 3 heterocycles. The van der Waals surface area contributed by atoms with Crippen LogP contribution in [0.1, 0.15) is 37.3 Å². The van der Waals surface area contributed by atoms with E-state index < -0.39 is 0 Å². The lowest BCUT2D eigenvalue weighted by Gasteiger charge is -2.43. The molecule has 2 fully saturated rings. The molecular formula is C21H29N3O2.